The van der Waals surface area contributed by atoms with Crippen molar-refractivity contribution in [3.05, 3.63) is 35.8 Å². The first-order valence-corrected chi connectivity index (χ1v) is 6.43. The monoisotopic (exact) mass is 262 g/mol. The molecule has 0 fully saturated rings. The number of hydrogen-bond acceptors (Lipinski definition) is 2. The normalized spacial score (nSPS) is 11.4. The molecule has 4 heteroatoms. The Hall–Kier alpha value is -1.68. The number of aromatic nitrogens is 1. The van der Waals surface area contributed by atoms with Gasteiger partial charge in [0.05, 0.1) is 0 Å². The number of rotatable bonds is 5. The lowest BCUT2D eigenvalue weighted by molar-refractivity contribution is 0.101. The number of ketones is 1. The summed E-state index contributed by atoms with van der Waals surface area (Å²) in [7, 11) is 4.06. The van der Waals surface area contributed by atoms with Crippen LogP contribution < -0.4 is 0 Å². The zero-order valence-electron chi connectivity index (χ0n) is 11.6. The highest BCUT2D eigenvalue weighted by atomic mass is 19.1. The Bertz CT molecular complexity index is 601. The number of nitrogens with zero attached hydrogens (tertiary/aromatic N) is 2. The molecule has 1 aromatic carbocycles. The number of Topliss-reactive ketones (excluding diaryl/α,β-unsaturated/α-hetero) is 1. The molecule has 0 aliphatic carbocycles. The van der Waals surface area contributed by atoms with E-state index in [4.69, 9.17) is 0 Å². The van der Waals surface area contributed by atoms with Gasteiger partial charge >= 0.3 is 0 Å². The summed E-state index contributed by atoms with van der Waals surface area (Å²) in [6.07, 6.45) is 2.83. The molecule has 0 saturated heterocycles. The molecule has 0 amide bonds. The standard InChI is InChI=1S/C15H19FN2O/c1-11(19)14-10-18(8-4-7-17(2)3)15-6-5-12(16)9-13(14)15/h5-6,9-10H,4,7-8H2,1-3H3. The molecule has 0 radical (unpaired) electrons. The van der Waals surface area contributed by atoms with E-state index >= 15 is 0 Å². The van der Waals surface area contributed by atoms with Gasteiger partial charge in [-0.25, -0.2) is 4.39 Å². The van der Waals surface area contributed by atoms with Gasteiger partial charge in [-0.15, -0.1) is 0 Å². The van der Waals surface area contributed by atoms with Gasteiger partial charge in [0.15, 0.2) is 5.78 Å². The Balaban J connectivity index is 2.36. The molecule has 0 unspecified atom stereocenters. The maximum absolute atomic E-state index is 13.3. The average molecular weight is 262 g/mol. The van der Waals surface area contributed by atoms with E-state index in [0.717, 1.165) is 25.0 Å². The van der Waals surface area contributed by atoms with Crippen LogP contribution in [0.4, 0.5) is 4.39 Å². The zero-order chi connectivity index (χ0) is 14.0. The second-order valence-corrected chi connectivity index (χ2v) is 5.11. The predicted octanol–water partition coefficient (Wildman–Crippen LogP) is 2.93. The third-order valence-corrected chi connectivity index (χ3v) is 3.23. The maximum Gasteiger partial charge on any atom is 0.161 e. The molecule has 0 bridgehead atoms. The van der Waals surface area contributed by atoms with Gasteiger partial charge in [0.2, 0.25) is 0 Å². The number of aryl methyl sites for hydroxylation is 1. The van der Waals surface area contributed by atoms with Crippen molar-refractivity contribution in [1.82, 2.24) is 9.47 Å². The fourth-order valence-electron chi connectivity index (χ4n) is 2.29. The molecule has 19 heavy (non-hydrogen) atoms. The van der Waals surface area contributed by atoms with E-state index in [0.29, 0.717) is 10.9 Å². The minimum Gasteiger partial charge on any atom is -0.347 e. The van der Waals surface area contributed by atoms with Crippen LogP contribution in [0.1, 0.15) is 23.7 Å². The van der Waals surface area contributed by atoms with Gasteiger partial charge in [-0.05, 0) is 52.2 Å². The van der Waals surface area contributed by atoms with Crippen molar-refractivity contribution in [1.29, 1.82) is 0 Å². The van der Waals surface area contributed by atoms with Crippen molar-refractivity contribution < 1.29 is 9.18 Å². The average Bonchev–Trinajstić information content (AvgIpc) is 2.67. The third-order valence-electron chi connectivity index (χ3n) is 3.23. The van der Waals surface area contributed by atoms with Gasteiger partial charge in [-0.1, -0.05) is 0 Å². The number of benzene rings is 1. The quantitative estimate of drug-likeness (QED) is 0.774. The molecular weight excluding hydrogens is 243 g/mol. The van der Waals surface area contributed by atoms with E-state index in [1.165, 1.54) is 19.1 Å². The van der Waals surface area contributed by atoms with Crippen LogP contribution in [0, 0.1) is 5.82 Å². The van der Waals surface area contributed by atoms with E-state index < -0.39 is 0 Å². The van der Waals surface area contributed by atoms with Crippen LogP contribution in [0.2, 0.25) is 0 Å². The van der Waals surface area contributed by atoms with E-state index in [1.807, 2.05) is 24.9 Å². The summed E-state index contributed by atoms with van der Waals surface area (Å²) >= 11 is 0. The van der Waals surface area contributed by atoms with Crippen LogP contribution in [0.25, 0.3) is 10.9 Å². The second-order valence-electron chi connectivity index (χ2n) is 5.11. The van der Waals surface area contributed by atoms with Gasteiger partial charge in [-0.3, -0.25) is 4.79 Å². The Kier molecular flexibility index (Phi) is 4.00. The topological polar surface area (TPSA) is 25.2 Å². The van der Waals surface area contributed by atoms with Crippen LogP contribution in [-0.2, 0) is 6.54 Å². The molecule has 0 aliphatic rings. The van der Waals surface area contributed by atoms with Crippen molar-refractivity contribution in [2.45, 2.75) is 19.9 Å². The summed E-state index contributed by atoms with van der Waals surface area (Å²) in [4.78, 5) is 13.7. The van der Waals surface area contributed by atoms with Crippen LogP contribution in [-0.4, -0.2) is 35.9 Å². The maximum atomic E-state index is 13.3. The van der Waals surface area contributed by atoms with Crippen molar-refractivity contribution >= 4 is 16.7 Å². The second kappa shape index (κ2) is 5.53. The third kappa shape index (κ3) is 3.01. The van der Waals surface area contributed by atoms with Crippen LogP contribution >= 0.6 is 0 Å². The molecule has 0 aliphatic heterocycles. The Morgan fingerprint density at radius 2 is 2.11 bits per heavy atom. The predicted molar refractivity (Wildman–Crippen MR) is 75.1 cm³/mol. The minimum absolute atomic E-state index is 0.0260. The number of halogens is 1. The summed E-state index contributed by atoms with van der Waals surface area (Å²) in [6, 6.07) is 4.62. The number of carbonyl (C=O) groups excluding carboxylic acids is 1. The first-order valence-electron chi connectivity index (χ1n) is 6.43. The number of hydrogen-bond donors (Lipinski definition) is 0. The van der Waals surface area contributed by atoms with Crippen molar-refractivity contribution in [3.8, 4) is 0 Å². The highest BCUT2D eigenvalue weighted by Gasteiger charge is 2.12. The highest BCUT2D eigenvalue weighted by molar-refractivity contribution is 6.06. The van der Waals surface area contributed by atoms with E-state index in [-0.39, 0.29) is 11.6 Å². The lowest BCUT2D eigenvalue weighted by atomic mass is 10.1. The molecule has 0 atom stereocenters. The molecule has 2 aromatic rings. The van der Waals surface area contributed by atoms with Gasteiger partial charge < -0.3 is 9.47 Å². The molecule has 2 rings (SSSR count). The zero-order valence-corrected chi connectivity index (χ0v) is 11.6. The van der Waals surface area contributed by atoms with Crippen molar-refractivity contribution in [2.24, 2.45) is 0 Å². The number of carbonyl (C=O) groups is 1. The lowest BCUT2D eigenvalue weighted by Crippen LogP contribution is -2.14. The molecule has 0 saturated carbocycles. The van der Waals surface area contributed by atoms with Crippen molar-refractivity contribution in [2.75, 3.05) is 20.6 Å². The van der Waals surface area contributed by atoms with Gasteiger partial charge in [0.1, 0.15) is 5.82 Å². The molecule has 3 nitrogen and oxygen atoms in total. The van der Waals surface area contributed by atoms with E-state index in [1.54, 1.807) is 6.07 Å². The highest BCUT2D eigenvalue weighted by Crippen LogP contribution is 2.23. The van der Waals surface area contributed by atoms with Crippen LogP contribution in [0.15, 0.2) is 24.4 Å². The summed E-state index contributed by atoms with van der Waals surface area (Å²) in [5.74, 6) is -0.331. The summed E-state index contributed by atoms with van der Waals surface area (Å²) in [5.41, 5.74) is 1.52. The smallest absolute Gasteiger partial charge is 0.161 e. The fraction of sp³-hybridized carbons (Fsp3) is 0.400. The van der Waals surface area contributed by atoms with E-state index in [9.17, 15) is 9.18 Å². The molecular formula is C15H19FN2O. The molecule has 1 aromatic heterocycles. The molecule has 0 N–H and O–H groups in total. The van der Waals surface area contributed by atoms with Gasteiger partial charge in [0, 0.05) is 29.2 Å². The largest absolute Gasteiger partial charge is 0.347 e. The molecule has 1 heterocycles. The fourth-order valence-corrected chi connectivity index (χ4v) is 2.29. The summed E-state index contributed by atoms with van der Waals surface area (Å²) in [5, 5.41) is 0.706. The number of fused-ring (bicyclic) bond motifs is 1. The summed E-state index contributed by atoms with van der Waals surface area (Å²) in [6.45, 7) is 3.33. The van der Waals surface area contributed by atoms with Gasteiger partial charge in [-0.2, -0.15) is 0 Å². The van der Waals surface area contributed by atoms with Crippen molar-refractivity contribution in [3.63, 3.8) is 0 Å². The molecule has 102 valence electrons. The first kappa shape index (κ1) is 13.7. The molecule has 0 spiro atoms. The Labute approximate surface area is 112 Å². The Morgan fingerprint density at radius 1 is 1.37 bits per heavy atom. The minimum atomic E-state index is -0.305. The first-order chi connectivity index (χ1) is 8.99. The van der Waals surface area contributed by atoms with Gasteiger partial charge in [0.25, 0.3) is 0 Å². The SMILES string of the molecule is CC(=O)c1cn(CCCN(C)C)c2ccc(F)cc12. The lowest BCUT2D eigenvalue weighted by Gasteiger charge is -2.10. The Morgan fingerprint density at radius 3 is 2.74 bits per heavy atom. The van der Waals surface area contributed by atoms with E-state index in [2.05, 4.69) is 4.90 Å². The van der Waals surface area contributed by atoms with Crippen LogP contribution in [0.5, 0.6) is 0 Å². The summed E-state index contributed by atoms with van der Waals surface area (Å²) < 4.78 is 15.4. The van der Waals surface area contributed by atoms with Crippen LogP contribution in [0.3, 0.4) is 0 Å².